The van der Waals surface area contributed by atoms with E-state index in [1.54, 1.807) is 17.5 Å². The minimum absolute atomic E-state index is 0.00103. The summed E-state index contributed by atoms with van der Waals surface area (Å²) in [5.41, 5.74) is 0.387. The van der Waals surface area contributed by atoms with Gasteiger partial charge < -0.3 is 15.4 Å². The van der Waals surface area contributed by atoms with Crippen LogP contribution in [0.2, 0.25) is 0 Å². The molecule has 7 nitrogen and oxygen atoms in total. The minimum atomic E-state index is -0.675. The highest BCUT2D eigenvalue weighted by atomic mass is 32.1. The fraction of sp³-hybridized carbons (Fsp3) is 0.222. The van der Waals surface area contributed by atoms with E-state index in [0.29, 0.717) is 10.6 Å². The molecule has 0 aliphatic rings. The summed E-state index contributed by atoms with van der Waals surface area (Å²) in [6.45, 7) is -0.875. The molecule has 0 atom stereocenters. The first kappa shape index (κ1) is 20.2. The van der Waals surface area contributed by atoms with Crippen LogP contribution in [-0.4, -0.2) is 36.7 Å². The van der Waals surface area contributed by atoms with E-state index >= 15 is 0 Å². The maximum absolute atomic E-state index is 12.8. The highest BCUT2D eigenvalue weighted by Gasteiger charge is 2.13. The van der Waals surface area contributed by atoms with Gasteiger partial charge in [-0.05, 0) is 35.7 Å². The molecule has 2 aromatic rings. The molecule has 27 heavy (non-hydrogen) atoms. The van der Waals surface area contributed by atoms with Crippen molar-refractivity contribution in [2.24, 2.45) is 0 Å². The lowest BCUT2D eigenvalue weighted by molar-refractivity contribution is -0.148. The maximum atomic E-state index is 12.8. The average molecular weight is 392 g/mol. The van der Waals surface area contributed by atoms with Gasteiger partial charge in [0.25, 0.3) is 5.91 Å². The normalized spacial score (nSPS) is 10.1. The SMILES string of the molecule is O=C(COC(=O)CCC(=O)c1cccs1)NCC(=O)Nc1ccc(F)cc1. The van der Waals surface area contributed by atoms with Gasteiger partial charge >= 0.3 is 5.97 Å². The maximum Gasteiger partial charge on any atom is 0.306 e. The van der Waals surface area contributed by atoms with Crippen LogP contribution in [-0.2, 0) is 19.1 Å². The van der Waals surface area contributed by atoms with Crippen molar-refractivity contribution in [3.63, 3.8) is 0 Å². The fourth-order valence-electron chi connectivity index (χ4n) is 1.96. The summed E-state index contributed by atoms with van der Waals surface area (Å²) >= 11 is 1.29. The van der Waals surface area contributed by atoms with E-state index in [9.17, 15) is 23.6 Å². The number of thiophene rings is 1. The van der Waals surface area contributed by atoms with Gasteiger partial charge in [-0.2, -0.15) is 0 Å². The van der Waals surface area contributed by atoms with Crippen molar-refractivity contribution in [1.82, 2.24) is 5.32 Å². The summed E-state index contributed by atoms with van der Waals surface area (Å²) < 4.78 is 17.5. The standard InChI is InChI=1S/C18H17FN2O5S/c19-12-3-5-13(6-4-12)21-16(23)10-20-17(24)11-26-18(25)8-7-14(22)15-2-1-9-27-15/h1-6,9H,7-8,10-11H2,(H,20,24)(H,21,23). The van der Waals surface area contributed by atoms with Crippen LogP contribution in [0.1, 0.15) is 22.5 Å². The van der Waals surface area contributed by atoms with Crippen molar-refractivity contribution >= 4 is 40.6 Å². The Morgan fingerprint density at radius 3 is 2.41 bits per heavy atom. The van der Waals surface area contributed by atoms with E-state index < -0.39 is 30.2 Å². The Labute approximate surface area is 158 Å². The molecular weight excluding hydrogens is 375 g/mol. The van der Waals surface area contributed by atoms with Gasteiger partial charge in [0.2, 0.25) is 5.91 Å². The van der Waals surface area contributed by atoms with Gasteiger partial charge in [-0.25, -0.2) is 4.39 Å². The van der Waals surface area contributed by atoms with Gasteiger partial charge in [-0.15, -0.1) is 11.3 Å². The van der Waals surface area contributed by atoms with Gasteiger partial charge in [-0.1, -0.05) is 6.07 Å². The molecule has 2 N–H and O–H groups in total. The van der Waals surface area contributed by atoms with Crippen molar-refractivity contribution in [1.29, 1.82) is 0 Å². The minimum Gasteiger partial charge on any atom is -0.456 e. The summed E-state index contributed by atoms with van der Waals surface area (Å²) in [6.07, 6.45) is -0.129. The molecule has 1 heterocycles. The van der Waals surface area contributed by atoms with Gasteiger partial charge in [0.1, 0.15) is 5.82 Å². The Balaban J connectivity index is 1.60. The Bertz CT molecular complexity index is 806. The number of rotatable bonds is 9. The third kappa shape index (κ3) is 7.37. The number of benzene rings is 1. The average Bonchev–Trinajstić information content (AvgIpc) is 3.19. The summed E-state index contributed by atoms with van der Waals surface area (Å²) in [5, 5.41) is 6.53. The van der Waals surface area contributed by atoms with E-state index in [-0.39, 0.29) is 25.2 Å². The molecule has 0 saturated carbocycles. The first-order valence-electron chi connectivity index (χ1n) is 7.98. The highest BCUT2D eigenvalue weighted by molar-refractivity contribution is 7.12. The summed E-state index contributed by atoms with van der Waals surface area (Å²) in [4.78, 5) is 47.1. The summed E-state index contributed by atoms with van der Waals surface area (Å²) in [7, 11) is 0. The Morgan fingerprint density at radius 2 is 1.74 bits per heavy atom. The topological polar surface area (TPSA) is 102 Å². The quantitative estimate of drug-likeness (QED) is 0.503. The largest absolute Gasteiger partial charge is 0.456 e. The van der Waals surface area contributed by atoms with Crippen LogP contribution in [0.5, 0.6) is 0 Å². The number of ether oxygens (including phenoxy) is 1. The molecule has 142 valence electrons. The van der Waals surface area contributed by atoms with E-state index in [1.807, 2.05) is 0 Å². The van der Waals surface area contributed by atoms with Crippen LogP contribution in [0.4, 0.5) is 10.1 Å². The number of amides is 2. The molecule has 0 aliphatic carbocycles. The number of hydrogen-bond donors (Lipinski definition) is 2. The number of carbonyl (C=O) groups excluding carboxylic acids is 4. The van der Waals surface area contributed by atoms with Crippen molar-refractivity contribution in [2.75, 3.05) is 18.5 Å². The number of anilines is 1. The first-order valence-corrected chi connectivity index (χ1v) is 8.86. The zero-order valence-electron chi connectivity index (χ0n) is 14.2. The van der Waals surface area contributed by atoms with E-state index in [4.69, 9.17) is 4.74 Å². The number of Topliss-reactive ketones (excluding diaryl/α,β-unsaturated/α-hetero) is 1. The second-order valence-corrected chi connectivity index (χ2v) is 6.34. The lowest BCUT2D eigenvalue weighted by Gasteiger charge is -2.07. The number of ketones is 1. The summed E-state index contributed by atoms with van der Waals surface area (Å²) in [6, 6.07) is 8.56. The Morgan fingerprint density at radius 1 is 1.00 bits per heavy atom. The van der Waals surface area contributed by atoms with Crippen molar-refractivity contribution < 1.29 is 28.3 Å². The molecule has 1 aromatic heterocycles. The molecule has 0 spiro atoms. The van der Waals surface area contributed by atoms with E-state index in [2.05, 4.69) is 10.6 Å². The molecule has 0 bridgehead atoms. The molecule has 1 aromatic carbocycles. The highest BCUT2D eigenvalue weighted by Crippen LogP contribution is 2.12. The van der Waals surface area contributed by atoms with Crippen LogP contribution < -0.4 is 10.6 Å². The van der Waals surface area contributed by atoms with Crippen LogP contribution in [0.15, 0.2) is 41.8 Å². The summed E-state index contributed by atoms with van der Waals surface area (Å²) in [5.74, 6) is -2.43. The number of nitrogens with one attached hydrogen (secondary N) is 2. The number of esters is 1. The van der Waals surface area contributed by atoms with Crippen LogP contribution in [0.3, 0.4) is 0 Å². The van der Waals surface area contributed by atoms with Crippen molar-refractivity contribution in [3.8, 4) is 0 Å². The zero-order chi connectivity index (χ0) is 19.6. The monoisotopic (exact) mass is 392 g/mol. The van der Waals surface area contributed by atoms with Gasteiger partial charge in [0.05, 0.1) is 17.8 Å². The molecule has 2 amide bonds. The second-order valence-electron chi connectivity index (χ2n) is 5.39. The molecule has 0 saturated heterocycles. The van der Waals surface area contributed by atoms with E-state index in [1.165, 1.54) is 35.6 Å². The third-order valence-electron chi connectivity index (χ3n) is 3.29. The van der Waals surface area contributed by atoms with Crippen molar-refractivity contribution in [3.05, 3.63) is 52.5 Å². The van der Waals surface area contributed by atoms with Crippen LogP contribution in [0.25, 0.3) is 0 Å². The molecular formula is C18H17FN2O5S. The third-order valence-corrected chi connectivity index (χ3v) is 4.20. The van der Waals surface area contributed by atoms with Gasteiger partial charge in [0, 0.05) is 12.1 Å². The van der Waals surface area contributed by atoms with Gasteiger partial charge in [0.15, 0.2) is 12.4 Å². The molecule has 0 unspecified atom stereocenters. The molecule has 0 aliphatic heterocycles. The Hall–Kier alpha value is -3.07. The van der Waals surface area contributed by atoms with E-state index in [0.717, 1.165) is 0 Å². The van der Waals surface area contributed by atoms with Crippen LogP contribution >= 0.6 is 11.3 Å². The molecule has 2 rings (SSSR count). The number of halogens is 1. The van der Waals surface area contributed by atoms with Crippen LogP contribution in [0, 0.1) is 5.82 Å². The molecule has 9 heteroatoms. The first-order chi connectivity index (χ1) is 12.9. The number of carbonyl (C=O) groups is 4. The number of hydrogen-bond acceptors (Lipinski definition) is 6. The smallest absolute Gasteiger partial charge is 0.306 e. The molecule has 0 fully saturated rings. The lowest BCUT2D eigenvalue weighted by atomic mass is 10.2. The van der Waals surface area contributed by atoms with Gasteiger partial charge in [-0.3, -0.25) is 19.2 Å². The fourth-order valence-corrected chi connectivity index (χ4v) is 2.66. The second kappa shape index (κ2) is 10.2. The predicted molar refractivity (Wildman–Crippen MR) is 96.9 cm³/mol. The zero-order valence-corrected chi connectivity index (χ0v) is 15.0. The molecule has 0 radical (unpaired) electrons. The van der Waals surface area contributed by atoms with Crippen molar-refractivity contribution in [2.45, 2.75) is 12.8 Å². The predicted octanol–water partition coefficient (Wildman–Crippen LogP) is 2.15. The Kier molecular flexibility index (Phi) is 7.63. The lowest BCUT2D eigenvalue weighted by Crippen LogP contribution is -2.35.